The Morgan fingerprint density at radius 3 is 2.83 bits per heavy atom. The van der Waals surface area contributed by atoms with Crippen LogP contribution in [-0.2, 0) is 0 Å². The molecule has 1 heterocycles. The van der Waals surface area contributed by atoms with Crippen LogP contribution in [0.3, 0.4) is 0 Å². The highest BCUT2D eigenvalue weighted by molar-refractivity contribution is 6.34. The monoisotopic (exact) mass is 406 g/mol. The van der Waals surface area contributed by atoms with Crippen molar-refractivity contribution in [1.29, 1.82) is 0 Å². The second kappa shape index (κ2) is 7.97. The number of aryl methyl sites for hydroxylation is 1. The zero-order chi connectivity index (χ0) is 20.4. The van der Waals surface area contributed by atoms with Gasteiger partial charge in [0.1, 0.15) is 11.3 Å². The summed E-state index contributed by atoms with van der Waals surface area (Å²) in [5, 5.41) is 3.28. The third-order valence-corrected chi connectivity index (χ3v) is 4.74. The molecule has 0 spiro atoms. The number of carbonyl (C=O) groups is 1. The van der Waals surface area contributed by atoms with Gasteiger partial charge in [-0.25, -0.2) is 4.98 Å². The molecule has 146 valence electrons. The van der Waals surface area contributed by atoms with Crippen molar-refractivity contribution in [2.24, 2.45) is 0 Å². The highest BCUT2D eigenvalue weighted by Crippen LogP contribution is 2.31. The van der Waals surface area contributed by atoms with E-state index in [1.54, 1.807) is 30.3 Å². The van der Waals surface area contributed by atoms with Gasteiger partial charge in [0.2, 0.25) is 5.89 Å². The smallest absolute Gasteiger partial charge is 0.255 e. The largest absolute Gasteiger partial charge is 0.494 e. The Balaban J connectivity index is 1.62. The molecule has 29 heavy (non-hydrogen) atoms. The van der Waals surface area contributed by atoms with E-state index in [9.17, 15) is 4.79 Å². The minimum absolute atomic E-state index is 0.279. The highest BCUT2D eigenvalue weighted by atomic mass is 35.5. The first kappa shape index (κ1) is 19.0. The first-order valence-corrected chi connectivity index (χ1v) is 9.62. The minimum atomic E-state index is -0.279. The van der Waals surface area contributed by atoms with Crippen LogP contribution in [0.15, 0.2) is 65.1 Å². The molecule has 0 aliphatic rings. The summed E-state index contributed by atoms with van der Waals surface area (Å²) in [6.45, 7) is 4.42. The Bertz CT molecular complexity index is 1200. The molecule has 3 aromatic carbocycles. The lowest BCUT2D eigenvalue weighted by atomic mass is 10.1. The summed E-state index contributed by atoms with van der Waals surface area (Å²) in [5.41, 5.74) is 4.27. The molecule has 0 aliphatic heterocycles. The van der Waals surface area contributed by atoms with Crippen LogP contribution >= 0.6 is 11.6 Å². The number of hydrogen-bond acceptors (Lipinski definition) is 4. The normalized spacial score (nSPS) is 10.9. The first-order chi connectivity index (χ1) is 14.0. The van der Waals surface area contributed by atoms with Gasteiger partial charge in [-0.1, -0.05) is 23.7 Å². The van der Waals surface area contributed by atoms with Gasteiger partial charge < -0.3 is 14.5 Å². The Morgan fingerprint density at radius 1 is 1.14 bits per heavy atom. The Labute approximate surface area is 173 Å². The summed E-state index contributed by atoms with van der Waals surface area (Å²) < 4.78 is 11.3. The molecule has 0 bridgehead atoms. The number of nitrogens with one attached hydrogen (secondary N) is 1. The highest BCUT2D eigenvalue weighted by Gasteiger charge is 2.14. The van der Waals surface area contributed by atoms with Crippen LogP contribution in [0, 0.1) is 6.92 Å². The van der Waals surface area contributed by atoms with Crippen LogP contribution < -0.4 is 10.1 Å². The molecular formula is C23H19ClN2O3. The number of fused-ring (bicyclic) bond motifs is 1. The molecule has 1 amide bonds. The number of halogens is 1. The van der Waals surface area contributed by atoms with E-state index in [1.807, 2.05) is 44.2 Å². The topological polar surface area (TPSA) is 64.4 Å². The molecule has 0 saturated carbocycles. The SMILES string of the molecule is CCOc1cccc(C(=O)Nc2cc(-c3nc4ccc(C)cc4o3)ccc2Cl)c1. The number of ether oxygens (including phenoxy) is 1. The molecular weight excluding hydrogens is 388 g/mol. The quantitative estimate of drug-likeness (QED) is 0.434. The van der Waals surface area contributed by atoms with E-state index >= 15 is 0 Å². The summed E-state index contributed by atoms with van der Waals surface area (Å²) in [6, 6.07) is 18.1. The van der Waals surface area contributed by atoms with E-state index in [-0.39, 0.29) is 5.91 Å². The van der Waals surface area contributed by atoms with Gasteiger partial charge in [0.25, 0.3) is 5.91 Å². The van der Waals surface area contributed by atoms with Crippen LogP contribution in [0.4, 0.5) is 5.69 Å². The average molecular weight is 407 g/mol. The second-order valence-electron chi connectivity index (χ2n) is 6.60. The van der Waals surface area contributed by atoms with E-state index < -0.39 is 0 Å². The lowest BCUT2D eigenvalue weighted by Gasteiger charge is -2.10. The molecule has 0 unspecified atom stereocenters. The van der Waals surface area contributed by atoms with Gasteiger partial charge in [-0.2, -0.15) is 0 Å². The molecule has 0 aliphatic carbocycles. The third-order valence-electron chi connectivity index (χ3n) is 4.41. The van der Waals surface area contributed by atoms with Crippen LogP contribution in [0.2, 0.25) is 5.02 Å². The van der Waals surface area contributed by atoms with Crippen molar-refractivity contribution in [3.8, 4) is 17.2 Å². The molecule has 4 aromatic rings. The standard InChI is InChI=1S/C23H19ClN2O3/c1-3-28-17-6-4-5-15(12-17)22(27)25-20-13-16(8-9-18(20)24)23-26-19-10-7-14(2)11-21(19)29-23/h4-13H,3H2,1-2H3,(H,25,27). The molecule has 1 aromatic heterocycles. The number of anilines is 1. The number of nitrogens with zero attached hydrogens (tertiary/aromatic N) is 1. The van der Waals surface area contributed by atoms with Crippen molar-refractivity contribution in [1.82, 2.24) is 4.98 Å². The number of oxazole rings is 1. The molecule has 0 atom stereocenters. The number of rotatable bonds is 5. The molecule has 0 saturated heterocycles. The van der Waals surface area contributed by atoms with Crippen molar-refractivity contribution in [3.05, 3.63) is 76.8 Å². The number of carbonyl (C=O) groups excluding carboxylic acids is 1. The molecule has 4 rings (SSSR count). The lowest BCUT2D eigenvalue weighted by Crippen LogP contribution is -2.12. The number of benzene rings is 3. The Hall–Kier alpha value is -3.31. The fourth-order valence-corrected chi connectivity index (χ4v) is 3.16. The van der Waals surface area contributed by atoms with Crippen LogP contribution in [0.5, 0.6) is 5.75 Å². The van der Waals surface area contributed by atoms with Gasteiger partial charge in [-0.3, -0.25) is 4.79 Å². The van der Waals surface area contributed by atoms with Gasteiger partial charge in [0.05, 0.1) is 17.3 Å². The lowest BCUT2D eigenvalue weighted by molar-refractivity contribution is 0.102. The van der Waals surface area contributed by atoms with Crippen LogP contribution in [0.1, 0.15) is 22.8 Å². The van der Waals surface area contributed by atoms with Crippen molar-refractivity contribution < 1.29 is 13.9 Å². The van der Waals surface area contributed by atoms with E-state index in [2.05, 4.69) is 10.3 Å². The maximum atomic E-state index is 12.7. The van der Waals surface area contributed by atoms with E-state index in [1.165, 1.54) is 0 Å². The van der Waals surface area contributed by atoms with E-state index in [4.69, 9.17) is 20.8 Å². The van der Waals surface area contributed by atoms with E-state index in [0.717, 1.165) is 16.6 Å². The number of aromatic nitrogens is 1. The fraction of sp³-hybridized carbons (Fsp3) is 0.130. The van der Waals surface area contributed by atoms with Gasteiger partial charge in [-0.15, -0.1) is 0 Å². The Morgan fingerprint density at radius 2 is 2.00 bits per heavy atom. The van der Waals surface area contributed by atoms with Gasteiger partial charge >= 0.3 is 0 Å². The summed E-state index contributed by atoms with van der Waals surface area (Å²) in [5.74, 6) is 0.830. The Kier molecular flexibility index (Phi) is 5.23. The van der Waals surface area contributed by atoms with E-state index in [0.29, 0.717) is 40.1 Å². The zero-order valence-corrected chi connectivity index (χ0v) is 16.8. The number of amides is 1. The average Bonchev–Trinajstić information content (AvgIpc) is 3.13. The third kappa shape index (κ3) is 4.10. The van der Waals surface area contributed by atoms with Crippen LogP contribution in [-0.4, -0.2) is 17.5 Å². The minimum Gasteiger partial charge on any atom is -0.494 e. The summed E-state index contributed by atoms with van der Waals surface area (Å²) in [7, 11) is 0. The van der Waals surface area contributed by atoms with Crippen molar-refractivity contribution in [2.45, 2.75) is 13.8 Å². The molecule has 5 nitrogen and oxygen atoms in total. The van der Waals surface area contributed by atoms with Gasteiger partial charge in [0, 0.05) is 11.1 Å². The first-order valence-electron chi connectivity index (χ1n) is 9.25. The summed E-state index contributed by atoms with van der Waals surface area (Å²) >= 11 is 6.31. The van der Waals surface area contributed by atoms with Gasteiger partial charge in [0.15, 0.2) is 5.58 Å². The predicted molar refractivity (Wildman–Crippen MR) is 115 cm³/mol. The summed E-state index contributed by atoms with van der Waals surface area (Å²) in [4.78, 5) is 17.2. The predicted octanol–water partition coefficient (Wildman–Crippen LogP) is 6.11. The van der Waals surface area contributed by atoms with Crippen molar-refractivity contribution in [3.63, 3.8) is 0 Å². The maximum Gasteiger partial charge on any atom is 0.255 e. The van der Waals surface area contributed by atoms with Crippen molar-refractivity contribution >= 4 is 34.3 Å². The van der Waals surface area contributed by atoms with Crippen molar-refractivity contribution in [2.75, 3.05) is 11.9 Å². The summed E-state index contributed by atoms with van der Waals surface area (Å²) in [6.07, 6.45) is 0. The number of hydrogen-bond donors (Lipinski definition) is 1. The molecule has 0 fully saturated rings. The maximum absolute atomic E-state index is 12.7. The molecule has 1 N–H and O–H groups in total. The zero-order valence-electron chi connectivity index (χ0n) is 16.0. The van der Waals surface area contributed by atoms with Gasteiger partial charge in [-0.05, 0) is 67.9 Å². The van der Waals surface area contributed by atoms with Crippen LogP contribution in [0.25, 0.3) is 22.6 Å². The molecule has 6 heteroatoms. The fourth-order valence-electron chi connectivity index (χ4n) is 3.00. The molecule has 0 radical (unpaired) electrons. The second-order valence-corrected chi connectivity index (χ2v) is 7.01.